The summed E-state index contributed by atoms with van der Waals surface area (Å²) < 4.78 is 0. The third-order valence-corrected chi connectivity index (χ3v) is 2.87. The molecule has 0 aromatic rings. The second kappa shape index (κ2) is 6.01. The van der Waals surface area contributed by atoms with Crippen molar-refractivity contribution >= 4 is 0 Å². The average Bonchev–Trinajstić information content (AvgIpc) is 2.14. The van der Waals surface area contributed by atoms with Crippen molar-refractivity contribution in [3.63, 3.8) is 0 Å². The van der Waals surface area contributed by atoms with E-state index in [2.05, 4.69) is 25.7 Å². The molecule has 0 bridgehead atoms. The van der Waals surface area contributed by atoms with Gasteiger partial charge in [0, 0.05) is 0 Å². The molecule has 0 heterocycles. The molecule has 1 aliphatic carbocycles. The third kappa shape index (κ3) is 4.92. The second-order valence-electron chi connectivity index (χ2n) is 4.33. The topological polar surface area (TPSA) is 0 Å². The number of hydrogen-bond donors (Lipinski definition) is 0. The number of rotatable bonds is 4. The first-order valence-corrected chi connectivity index (χ1v) is 5.61. The standard InChI is InChI=1S/C13H22/c1-12(2)8-6-7-11-13-9-4-3-5-10-13/h6,8,13H,1,3-5,7,9-11H2,2H3. The van der Waals surface area contributed by atoms with Gasteiger partial charge in [0.2, 0.25) is 0 Å². The Bertz CT molecular complexity index is 170. The molecule has 0 aromatic heterocycles. The summed E-state index contributed by atoms with van der Waals surface area (Å²) in [6.45, 7) is 5.91. The molecule has 0 radical (unpaired) electrons. The van der Waals surface area contributed by atoms with Crippen molar-refractivity contribution in [3.05, 3.63) is 24.3 Å². The van der Waals surface area contributed by atoms with E-state index >= 15 is 0 Å². The second-order valence-corrected chi connectivity index (χ2v) is 4.33. The van der Waals surface area contributed by atoms with Crippen LogP contribution in [0.4, 0.5) is 0 Å². The van der Waals surface area contributed by atoms with E-state index in [4.69, 9.17) is 0 Å². The summed E-state index contributed by atoms with van der Waals surface area (Å²) in [6, 6.07) is 0. The summed E-state index contributed by atoms with van der Waals surface area (Å²) in [6.07, 6.45) is 14.4. The molecule has 13 heavy (non-hydrogen) atoms. The van der Waals surface area contributed by atoms with Gasteiger partial charge in [-0.3, -0.25) is 0 Å². The molecule has 74 valence electrons. The van der Waals surface area contributed by atoms with Gasteiger partial charge >= 0.3 is 0 Å². The lowest BCUT2D eigenvalue weighted by molar-refractivity contribution is 0.341. The maximum Gasteiger partial charge on any atom is -0.0345 e. The van der Waals surface area contributed by atoms with E-state index in [0.29, 0.717) is 0 Å². The van der Waals surface area contributed by atoms with Gasteiger partial charge in [0.1, 0.15) is 0 Å². The number of hydrogen-bond acceptors (Lipinski definition) is 0. The van der Waals surface area contributed by atoms with Gasteiger partial charge in [-0.05, 0) is 25.7 Å². The highest BCUT2D eigenvalue weighted by Gasteiger charge is 2.11. The molecular formula is C13H22. The van der Waals surface area contributed by atoms with Crippen molar-refractivity contribution in [3.8, 4) is 0 Å². The molecule has 1 fully saturated rings. The Kier molecular flexibility index (Phi) is 4.88. The molecule has 0 aliphatic heterocycles. The minimum Gasteiger partial charge on any atom is -0.0961 e. The lowest BCUT2D eigenvalue weighted by Gasteiger charge is -2.20. The van der Waals surface area contributed by atoms with Crippen LogP contribution in [0.2, 0.25) is 0 Å². The third-order valence-electron chi connectivity index (χ3n) is 2.87. The maximum absolute atomic E-state index is 3.85. The molecule has 0 nitrogen and oxygen atoms in total. The fraction of sp³-hybridized carbons (Fsp3) is 0.692. The Morgan fingerprint density at radius 3 is 2.62 bits per heavy atom. The molecule has 0 atom stereocenters. The Morgan fingerprint density at radius 1 is 1.31 bits per heavy atom. The van der Waals surface area contributed by atoms with Crippen molar-refractivity contribution in [1.82, 2.24) is 0 Å². The predicted octanol–water partition coefficient (Wildman–Crippen LogP) is 4.48. The van der Waals surface area contributed by atoms with Crippen LogP contribution >= 0.6 is 0 Å². The van der Waals surface area contributed by atoms with Crippen molar-refractivity contribution in [2.75, 3.05) is 0 Å². The molecule has 0 spiro atoms. The molecule has 0 unspecified atom stereocenters. The first-order valence-electron chi connectivity index (χ1n) is 5.61. The first-order chi connectivity index (χ1) is 6.29. The molecule has 1 saturated carbocycles. The van der Waals surface area contributed by atoms with Crippen LogP contribution in [-0.2, 0) is 0 Å². The predicted molar refractivity (Wildman–Crippen MR) is 59.8 cm³/mol. The average molecular weight is 178 g/mol. The van der Waals surface area contributed by atoms with Gasteiger partial charge in [0.15, 0.2) is 0 Å². The molecular weight excluding hydrogens is 156 g/mol. The van der Waals surface area contributed by atoms with Crippen molar-refractivity contribution in [1.29, 1.82) is 0 Å². The number of allylic oxidation sites excluding steroid dienone is 3. The van der Waals surface area contributed by atoms with Gasteiger partial charge < -0.3 is 0 Å². The van der Waals surface area contributed by atoms with E-state index in [9.17, 15) is 0 Å². The molecule has 1 rings (SSSR count). The first kappa shape index (κ1) is 10.6. The zero-order valence-electron chi connectivity index (χ0n) is 8.89. The SMILES string of the molecule is C=C(C)C=CCCC1CCCCC1. The lowest BCUT2D eigenvalue weighted by atomic mass is 9.86. The van der Waals surface area contributed by atoms with Gasteiger partial charge in [0.25, 0.3) is 0 Å². The van der Waals surface area contributed by atoms with Gasteiger partial charge in [0.05, 0.1) is 0 Å². The fourth-order valence-electron chi connectivity index (χ4n) is 2.09. The van der Waals surface area contributed by atoms with Gasteiger partial charge in [-0.1, -0.05) is 56.4 Å². The van der Waals surface area contributed by atoms with Crippen LogP contribution < -0.4 is 0 Å². The fourth-order valence-corrected chi connectivity index (χ4v) is 2.09. The highest BCUT2D eigenvalue weighted by molar-refractivity contribution is 5.10. The van der Waals surface area contributed by atoms with E-state index in [1.165, 1.54) is 50.5 Å². The quantitative estimate of drug-likeness (QED) is 0.557. The van der Waals surface area contributed by atoms with E-state index in [1.54, 1.807) is 0 Å². The van der Waals surface area contributed by atoms with Gasteiger partial charge in [-0.2, -0.15) is 0 Å². The Morgan fingerprint density at radius 2 is 2.00 bits per heavy atom. The molecule has 1 aliphatic rings. The smallest absolute Gasteiger partial charge is 0.0345 e. The summed E-state index contributed by atoms with van der Waals surface area (Å²) >= 11 is 0. The Balaban J connectivity index is 2.07. The molecule has 0 aromatic carbocycles. The normalized spacial score (nSPS) is 19.5. The zero-order chi connectivity index (χ0) is 9.52. The highest BCUT2D eigenvalue weighted by Crippen LogP contribution is 2.27. The van der Waals surface area contributed by atoms with Crippen molar-refractivity contribution < 1.29 is 0 Å². The summed E-state index contributed by atoms with van der Waals surface area (Å²) in [5.74, 6) is 1.02. The maximum atomic E-state index is 3.85. The monoisotopic (exact) mass is 178 g/mol. The van der Waals surface area contributed by atoms with Crippen molar-refractivity contribution in [2.24, 2.45) is 5.92 Å². The van der Waals surface area contributed by atoms with Crippen LogP contribution in [-0.4, -0.2) is 0 Å². The summed E-state index contributed by atoms with van der Waals surface area (Å²) in [5.41, 5.74) is 1.17. The highest BCUT2D eigenvalue weighted by atomic mass is 14.2. The molecule has 0 heteroatoms. The molecule has 0 amide bonds. The van der Waals surface area contributed by atoms with E-state index in [1.807, 2.05) is 0 Å². The van der Waals surface area contributed by atoms with E-state index < -0.39 is 0 Å². The lowest BCUT2D eigenvalue weighted by Crippen LogP contribution is -2.05. The summed E-state index contributed by atoms with van der Waals surface area (Å²) in [4.78, 5) is 0. The van der Waals surface area contributed by atoms with E-state index in [0.717, 1.165) is 5.92 Å². The van der Waals surface area contributed by atoms with Crippen molar-refractivity contribution in [2.45, 2.75) is 51.9 Å². The van der Waals surface area contributed by atoms with Crippen LogP contribution in [0.15, 0.2) is 24.3 Å². The van der Waals surface area contributed by atoms with Crippen LogP contribution in [0.25, 0.3) is 0 Å². The van der Waals surface area contributed by atoms with Gasteiger partial charge in [-0.25, -0.2) is 0 Å². The summed E-state index contributed by atoms with van der Waals surface area (Å²) in [5, 5.41) is 0. The zero-order valence-corrected chi connectivity index (χ0v) is 8.89. The minimum absolute atomic E-state index is 1.02. The van der Waals surface area contributed by atoms with Crippen LogP contribution in [0.3, 0.4) is 0 Å². The summed E-state index contributed by atoms with van der Waals surface area (Å²) in [7, 11) is 0. The van der Waals surface area contributed by atoms with Gasteiger partial charge in [-0.15, -0.1) is 0 Å². The molecule has 0 saturated heterocycles. The van der Waals surface area contributed by atoms with Crippen LogP contribution in [0.1, 0.15) is 51.9 Å². The Hall–Kier alpha value is -0.520. The van der Waals surface area contributed by atoms with Crippen LogP contribution in [0, 0.1) is 5.92 Å². The largest absolute Gasteiger partial charge is 0.0961 e. The molecule has 0 N–H and O–H groups in total. The van der Waals surface area contributed by atoms with Crippen LogP contribution in [0.5, 0.6) is 0 Å². The van der Waals surface area contributed by atoms with E-state index in [-0.39, 0.29) is 0 Å². The minimum atomic E-state index is 1.02. The Labute approximate surface area is 82.7 Å².